The smallest absolute Gasteiger partial charge is 0.269 e. The summed E-state index contributed by atoms with van der Waals surface area (Å²) in [5.41, 5.74) is 6.20. The SMILES string of the molecule is Cl.NC(=S)NCc1ccc([N+](=O)[O-])cc1. The molecule has 15 heavy (non-hydrogen) atoms. The molecule has 0 atom stereocenters. The molecule has 5 nitrogen and oxygen atoms in total. The third kappa shape index (κ3) is 4.57. The molecule has 0 saturated carbocycles. The molecule has 0 fully saturated rings. The number of hydrogen-bond donors (Lipinski definition) is 2. The maximum atomic E-state index is 10.3. The lowest BCUT2D eigenvalue weighted by Gasteiger charge is -2.02. The van der Waals surface area contributed by atoms with Gasteiger partial charge in [0.25, 0.3) is 5.69 Å². The largest absolute Gasteiger partial charge is 0.376 e. The molecule has 0 spiro atoms. The summed E-state index contributed by atoms with van der Waals surface area (Å²) >= 11 is 4.62. The van der Waals surface area contributed by atoms with Crippen LogP contribution in [0.3, 0.4) is 0 Å². The Kier molecular flexibility index (Phi) is 5.58. The van der Waals surface area contributed by atoms with Crippen LogP contribution in [0.4, 0.5) is 5.69 Å². The third-order valence-corrected chi connectivity index (χ3v) is 1.76. The van der Waals surface area contributed by atoms with Crippen molar-refractivity contribution in [3.8, 4) is 0 Å². The number of thiocarbonyl (C=S) groups is 1. The number of non-ortho nitro benzene ring substituents is 1. The molecule has 0 heterocycles. The normalized spacial score (nSPS) is 8.80. The summed E-state index contributed by atoms with van der Waals surface area (Å²) in [4.78, 5) is 9.89. The molecule has 0 amide bonds. The molecule has 3 N–H and O–H groups in total. The summed E-state index contributed by atoms with van der Waals surface area (Å²) in [6, 6.07) is 6.19. The van der Waals surface area contributed by atoms with E-state index in [4.69, 9.17) is 5.73 Å². The van der Waals surface area contributed by atoms with Crippen molar-refractivity contribution in [2.45, 2.75) is 6.54 Å². The number of rotatable bonds is 3. The minimum absolute atomic E-state index is 0. The van der Waals surface area contributed by atoms with E-state index in [2.05, 4.69) is 17.5 Å². The van der Waals surface area contributed by atoms with E-state index in [0.717, 1.165) is 5.56 Å². The van der Waals surface area contributed by atoms with Crippen LogP contribution in [0.25, 0.3) is 0 Å². The summed E-state index contributed by atoms with van der Waals surface area (Å²) in [5, 5.41) is 13.3. The van der Waals surface area contributed by atoms with E-state index in [0.29, 0.717) is 6.54 Å². The number of hydrogen-bond acceptors (Lipinski definition) is 3. The Morgan fingerprint density at radius 2 is 2.00 bits per heavy atom. The van der Waals surface area contributed by atoms with E-state index in [-0.39, 0.29) is 23.2 Å². The number of halogens is 1. The highest BCUT2D eigenvalue weighted by atomic mass is 35.5. The van der Waals surface area contributed by atoms with Crippen molar-refractivity contribution in [3.05, 3.63) is 39.9 Å². The summed E-state index contributed by atoms with van der Waals surface area (Å²) < 4.78 is 0. The average molecular weight is 248 g/mol. The fourth-order valence-corrected chi connectivity index (χ4v) is 0.997. The minimum Gasteiger partial charge on any atom is -0.376 e. The Hall–Kier alpha value is -1.40. The van der Waals surface area contributed by atoms with Gasteiger partial charge in [0.1, 0.15) is 0 Å². The fourth-order valence-electron chi connectivity index (χ4n) is 0.925. The van der Waals surface area contributed by atoms with Crippen LogP contribution in [0, 0.1) is 10.1 Å². The molecule has 0 radical (unpaired) electrons. The number of nitrogens with one attached hydrogen (secondary N) is 1. The molecule has 0 aliphatic carbocycles. The van der Waals surface area contributed by atoms with Gasteiger partial charge in [-0.1, -0.05) is 12.1 Å². The van der Waals surface area contributed by atoms with Crippen LogP contribution in [-0.2, 0) is 6.54 Å². The summed E-state index contributed by atoms with van der Waals surface area (Å²) in [5.74, 6) is 0. The van der Waals surface area contributed by atoms with Gasteiger partial charge >= 0.3 is 0 Å². The lowest BCUT2D eigenvalue weighted by atomic mass is 10.2. The Labute approximate surface area is 98.2 Å². The van der Waals surface area contributed by atoms with Crippen molar-refractivity contribution in [2.75, 3.05) is 0 Å². The van der Waals surface area contributed by atoms with Gasteiger partial charge in [-0.2, -0.15) is 0 Å². The second-order valence-corrected chi connectivity index (χ2v) is 3.08. The molecule has 0 aromatic heterocycles. The van der Waals surface area contributed by atoms with Crippen LogP contribution in [0.2, 0.25) is 0 Å². The predicted octanol–water partition coefficient (Wildman–Crippen LogP) is 1.35. The van der Waals surface area contributed by atoms with Crippen LogP contribution < -0.4 is 11.1 Å². The maximum Gasteiger partial charge on any atom is 0.269 e. The van der Waals surface area contributed by atoms with Gasteiger partial charge < -0.3 is 11.1 Å². The lowest BCUT2D eigenvalue weighted by molar-refractivity contribution is -0.384. The van der Waals surface area contributed by atoms with Gasteiger partial charge in [0, 0.05) is 18.7 Å². The zero-order valence-corrected chi connectivity index (χ0v) is 9.31. The molecule has 1 aromatic carbocycles. The van der Waals surface area contributed by atoms with Crippen molar-refractivity contribution < 1.29 is 4.92 Å². The van der Waals surface area contributed by atoms with Crippen molar-refractivity contribution >= 4 is 35.4 Å². The molecule has 7 heteroatoms. The first kappa shape index (κ1) is 13.6. The van der Waals surface area contributed by atoms with E-state index >= 15 is 0 Å². The van der Waals surface area contributed by atoms with E-state index < -0.39 is 4.92 Å². The second-order valence-electron chi connectivity index (χ2n) is 2.64. The highest BCUT2D eigenvalue weighted by Gasteiger charge is 2.03. The molecule has 1 aromatic rings. The number of nitro groups is 1. The van der Waals surface area contributed by atoms with Gasteiger partial charge in [-0.05, 0) is 17.8 Å². The van der Waals surface area contributed by atoms with Gasteiger partial charge in [0.2, 0.25) is 0 Å². The summed E-state index contributed by atoms with van der Waals surface area (Å²) in [6.07, 6.45) is 0. The molecule has 0 aliphatic rings. The lowest BCUT2D eigenvalue weighted by Crippen LogP contribution is -2.28. The number of nitro benzene ring substituents is 1. The van der Waals surface area contributed by atoms with Crippen molar-refractivity contribution in [2.24, 2.45) is 5.73 Å². The topological polar surface area (TPSA) is 81.2 Å². The van der Waals surface area contributed by atoms with Crippen LogP contribution >= 0.6 is 24.6 Å². The molecule has 0 unspecified atom stereocenters. The quantitative estimate of drug-likeness (QED) is 0.479. The van der Waals surface area contributed by atoms with E-state index in [1.165, 1.54) is 12.1 Å². The Morgan fingerprint density at radius 1 is 1.47 bits per heavy atom. The van der Waals surface area contributed by atoms with Crippen molar-refractivity contribution in [1.29, 1.82) is 0 Å². The van der Waals surface area contributed by atoms with Crippen LogP contribution in [0.1, 0.15) is 5.56 Å². The number of nitrogens with two attached hydrogens (primary N) is 1. The standard InChI is InChI=1S/C8H9N3O2S.ClH/c9-8(14)10-5-6-1-3-7(4-2-6)11(12)13;/h1-4H,5H2,(H3,9,10,14);1H. The zero-order chi connectivity index (χ0) is 10.6. The van der Waals surface area contributed by atoms with Gasteiger partial charge in [0.05, 0.1) is 4.92 Å². The first-order chi connectivity index (χ1) is 6.59. The Morgan fingerprint density at radius 3 is 2.40 bits per heavy atom. The number of nitrogens with zero attached hydrogens (tertiary/aromatic N) is 1. The highest BCUT2D eigenvalue weighted by Crippen LogP contribution is 2.11. The van der Waals surface area contributed by atoms with E-state index in [9.17, 15) is 10.1 Å². The Bertz CT molecular complexity index is 355. The molecule has 0 saturated heterocycles. The predicted molar refractivity (Wildman–Crippen MR) is 64.0 cm³/mol. The third-order valence-electron chi connectivity index (χ3n) is 1.61. The van der Waals surface area contributed by atoms with Crippen LogP contribution in [0.5, 0.6) is 0 Å². The first-order valence-electron chi connectivity index (χ1n) is 3.86. The van der Waals surface area contributed by atoms with Crippen LogP contribution in [0.15, 0.2) is 24.3 Å². The molecular formula is C8H10ClN3O2S. The maximum absolute atomic E-state index is 10.3. The second kappa shape index (κ2) is 6.15. The monoisotopic (exact) mass is 247 g/mol. The molecule has 0 aliphatic heterocycles. The van der Waals surface area contributed by atoms with Gasteiger partial charge in [-0.15, -0.1) is 12.4 Å². The van der Waals surface area contributed by atoms with Crippen LogP contribution in [-0.4, -0.2) is 10.0 Å². The van der Waals surface area contributed by atoms with Gasteiger partial charge in [0.15, 0.2) is 5.11 Å². The number of benzene rings is 1. The summed E-state index contributed by atoms with van der Waals surface area (Å²) in [7, 11) is 0. The first-order valence-corrected chi connectivity index (χ1v) is 4.27. The molecule has 0 bridgehead atoms. The van der Waals surface area contributed by atoms with Crippen molar-refractivity contribution in [3.63, 3.8) is 0 Å². The Balaban J connectivity index is 0.00000196. The minimum atomic E-state index is -0.440. The molecular weight excluding hydrogens is 238 g/mol. The average Bonchev–Trinajstić information content (AvgIpc) is 2.15. The molecule has 1 rings (SSSR count). The fraction of sp³-hybridized carbons (Fsp3) is 0.125. The van der Waals surface area contributed by atoms with E-state index in [1.807, 2.05) is 0 Å². The zero-order valence-electron chi connectivity index (χ0n) is 7.67. The van der Waals surface area contributed by atoms with E-state index in [1.54, 1.807) is 12.1 Å². The summed E-state index contributed by atoms with van der Waals surface area (Å²) in [6.45, 7) is 0.479. The van der Waals surface area contributed by atoms with Gasteiger partial charge in [-0.3, -0.25) is 10.1 Å². The van der Waals surface area contributed by atoms with Gasteiger partial charge in [-0.25, -0.2) is 0 Å². The van der Waals surface area contributed by atoms with Crippen molar-refractivity contribution in [1.82, 2.24) is 5.32 Å². The molecule has 82 valence electrons. The highest BCUT2D eigenvalue weighted by molar-refractivity contribution is 7.80.